The van der Waals surface area contributed by atoms with E-state index in [9.17, 15) is 14.0 Å². The molecule has 0 fully saturated rings. The number of hydrogen-bond donors (Lipinski definition) is 1. The average molecular weight is 347 g/mol. The highest BCUT2D eigenvalue weighted by Gasteiger charge is 2.17. The van der Waals surface area contributed by atoms with Crippen LogP contribution in [-0.2, 0) is 16.0 Å². The van der Waals surface area contributed by atoms with Gasteiger partial charge in [0, 0.05) is 13.0 Å². The molecule has 6 nitrogen and oxygen atoms in total. The quantitative estimate of drug-likeness (QED) is 0.588. The molecular weight excluding hydrogens is 325 g/mol. The first-order valence-corrected chi connectivity index (χ1v) is 8.33. The van der Waals surface area contributed by atoms with E-state index in [0.29, 0.717) is 37.2 Å². The first kappa shape index (κ1) is 18.6. The van der Waals surface area contributed by atoms with Crippen LogP contribution in [0.4, 0.5) is 4.39 Å². The van der Waals surface area contributed by atoms with Crippen LogP contribution in [0.1, 0.15) is 42.7 Å². The van der Waals surface area contributed by atoms with Crippen LogP contribution in [0.15, 0.2) is 30.5 Å². The minimum atomic E-state index is -0.325. The lowest BCUT2D eigenvalue weighted by atomic mass is 10.2. The maximum atomic E-state index is 13.1. The number of esters is 1. The Bertz CT molecular complexity index is 726. The van der Waals surface area contributed by atoms with Gasteiger partial charge in [-0.15, -0.1) is 0 Å². The Morgan fingerprint density at radius 2 is 1.96 bits per heavy atom. The molecule has 0 aliphatic carbocycles. The lowest BCUT2D eigenvalue weighted by Gasteiger charge is -2.08. The summed E-state index contributed by atoms with van der Waals surface area (Å²) in [4.78, 5) is 23.6. The van der Waals surface area contributed by atoms with Gasteiger partial charge in [-0.05, 0) is 44.0 Å². The molecule has 1 aromatic heterocycles. The highest BCUT2D eigenvalue weighted by molar-refractivity contribution is 5.95. The molecule has 0 atom stereocenters. The van der Waals surface area contributed by atoms with Gasteiger partial charge < -0.3 is 10.1 Å². The van der Waals surface area contributed by atoms with Gasteiger partial charge in [0.1, 0.15) is 5.82 Å². The summed E-state index contributed by atoms with van der Waals surface area (Å²) in [6.07, 6.45) is 2.88. The number of nitrogens with zero attached hydrogens (tertiary/aromatic N) is 2. The van der Waals surface area contributed by atoms with Crippen LogP contribution in [0.3, 0.4) is 0 Å². The molecular formula is C18H22FN3O3. The van der Waals surface area contributed by atoms with Gasteiger partial charge in [0.05, 0.1) is 29.7 Å². The van der Waals surface area contributed by atoms with Crippen molar-refractivity contribution in [1.29, 1.82) is 0 Å². The number of carbonyl (C=O) groups is 2. The molecule has 1 N–H and O–H groups in total. The third-order valence-corrected chi connectivity index (χ3v) is 3.67. The molecule has 134 valence electrons. The number of nitrogens with one attached hydrogen (secondary N) is 1. The van der Waals surface area contributed by atoms with E-state index in [0.717, 1.165) is 5.69 Å². The maximum absolute atomic E-state index is 13.1. The van der Waals surface area contributed by atoms with Crippen molar-refractivity contribution in [3.8, 4) is 5.69 Å². The summed E-state index contributed by atoms with van der Waals surface area (Å²) >= 11 is 0. The third-order valence-electron chi connectivity index (χ3n) is 3.67. The predicted octanol–water partition coefficient (Wildman–Crippen LogP) is 2.65. The molecule has 0 bridgehead atoms. The zero-order valence-corrected chi connectivity index (χ0v) is 14.4. The zero-order valence-electron chi connectivity index (χ0n) is 14.4. The van der Waals surface area contributed by atoms with Gasteiger partial charge in [-0.2, -0.15) is 5.10 Å². The van der Waals surface area contributed by atoms with Crippen molar-refractivity contribution in [2.45, 2.75) is 33.1 Å². The molecule has 1 amide bonds. The number of rotatable bonds is 8. The van der Waals surface area contributed by atoms with E-state index in [1.54, 1.807) is 23.7 Å². The van der Waals surface area contributed by atoms with Crippen molar-refractivity contribution >= 4 is 11.9 Å². The van der Waals surface area contributed by atoms with Gasteiger partial charge in [0.15, 0.2) is 0 Å². The molecule has 0 aliphatic rings. The first-order chi connectivity index (χ1) is 12.1. The highest BCUT2D eigenvalue weighted by atomic mass is 19.1. The summed E-state index contributed by atoms with van der Waals surface area (Å²) in [7, 11) is 0. The van der Waals surface area contributed by atoms with Gasteiger partial charge in [-0.3, -0.25) is 9.59 Å². The Morgan fingerprint density at radius 3 is 2.60 bits per heavy atom. The Labute approximate surface area is 146 Å². The molecule has 0 saturated carbocycles. The summed E-state index contributed by atoms with van der Waals surface area (Å²) in [5.74, 6) is -0.835. The van der Waals surface area contributed by atoms with Crippen molar-refractivity contribution in [2.24, 2.45) is 0 Å². The second-order valence-electron chi connectivity index (χ2n) is 5.41. The fraction of sp³-hybridized carbons (Fsp3) is 0.389. The number of hydrogen-bond acceptors (Lipinski definition) is 4. The van der Waals surface area contributed by atoms with Crippen molar-refractivity contribution in [2.75, 3.05) is 13.2 Å². The lowest BCUT2D eigenvalue weighted by molar-refractivity contribution is -0.143. The lowest BCUT2D eigenvalue weighted by Crippen LogP contribution is -2.26. The number of halogens is 1. The maximum Gasteiger partial charge on any atom is 0.305 e. The molecule has 7 heteroatoms. The van der Waals surface area contributed by atoms with Crippen LogP contribution >= 0.6 is 0 Å². The minimum Gasteiger partial charge on any atom is -0.466 e. The topological polar surface area (TPSA) is 73.2 Å². The smallest absolute Gasteiger partial charge is 0.305 e. The molecule has 25 heavy (non-hydrogen) atoms. The second-order valence-corrected chi connectivity index (χ2v) is 5.41. The SMILES string of the molecule is CCOC(=O)CCCNC(=O)c1cnn(-c2ccc(F)cc2)c1CC. The largest absolute Gasteiger partial charge is 0.466 e. The zero-order chi connectivity index (χ0) is 18.2. The van der Waals surface area contributed by atoms with E-state index in [-0.39, 0.29) is 24.1 Å². The van der Waals surface area contributed by atoms with E-state index < -0.39 is 0 Å². The van der Waals surface area contributed by atoms with Gasteiger partial charge in [-0.1, -0.05) is 6.92 Å². The number of ether oxygens (including phenoxy) is 1. The number of amides is 1. The standard InChI is InChI=1S/C18H22FN3O3/c1-3-16-15(18(24)20-11-5-6-17(23)25-4-2)12-21-22(16)14-9-7-13(19)8-10-14/h7-10,12H,3-6,11H2,1-2H3,(H,20,24). The number of benzene rings is 1. The van der Waals surface area contributed by atoms with Gasteiger partial charge in [-0.25, -0.2) is 9.07 Å². The molecule has 0 saturated heterocycles. The predicted molar refractivity (Wildman–Crippen MR) is 91.1 cm³/mol. The van der Waals surface area contributed by atoms with Crippen molar-refractivity contribution in [3.63, 3.8) is 0 Å². The number of carbonyl (C=O) groups excluding carboxylic acids is 2. The van der Waals surface area contributed by atoms with E-state index in [4.69, 9.17) is 4.74 Å². The fourth-order valence-electron chi connectivity index (χ4n) is 2.47. The molecule has 0 aliphatic heterocycles. The van der Waals surface area contributed by atoms with Crippen molar-refractivity contribution in [1.82, 2.24) is 15.1 Å². The average Bonchev–Trinajstić information content (AvgIpc) is 3.03. The van der Waals surface area contributed by atoms with Crippen molar-refractivity contribution in [3.05, 3.63) is 47.5 Å². The summed E-state index contributed by atoms with van der Waals surface area (Å²) < 4.78 is 19.5. The van der Waals surface area contributed by atoms with Crippen molar-refractivity contribution < 1.29 is 18.7 Å². The monoisotopic (exact) mass is 347 g/mol. The Balaban J connectivity index is 2.00. The minimum absolute atomic E-state index is 0.242. The Morgan fingerprint density at radius 1 is 1.24 bits per heavy atom. The third kappa shape index (κ3) is 4.89. The highest BCUT2D eigenvalue weighted by Crippen LogP contribution is 2.16. The van der Waals surface area contributed by atoms with Crippen LogP contribution in [0.5, 0.6) is 0 Å². The van der Waals surface area contributed by atoms with Crippen LogP contribution in [0.2, 0.25) is 0 Å². The molecule has 1 heterocycles. The van der Waals surface area contributed by atoms with E-state index in [1.807, 2.05) is 6.92 Å². The first-order valence-electron chi connectivity index (χ1n) is 8.33. The summed E-state index contributed by atoms with van der Waals surface area (Å²) in [5.41, 5.74) is 1.91. The van der Waals surface area contributed by atoms with Crippen LogP contribution in [0.25, 0.3) is 5.69 Å². The van der Waals surface area contributed by atoms with Gasteiger partial charge >= 0.3 is 5.97 Å². The van der Waals surface area contributed by atoms with Crippen LogP contribution < -0.4 is 5.32 Å². The summed E-state index contributed by atoms with van der Waals surface area (Å²) in [6.45, 7) is 4.41. The summed E-state index contributed by atoms with van der Waals surface area (Å²) in [6, 6.07) is 5.93. The molecule has 2 rings (SSSR count). The molecule has 1 aromatic carbocycles. The van der Waals surface area contributed by atoms with Gasteiger partial charge in [0.25, 0.3) is 5.91 Å². The normalized spacial score (nSPS) is 10.5. The Kier molecular flexibility index (Phi) is 6.68. The van der Waals surface area contributed by atoms with E-state index in [1.165, 1.54) is 18.3 Å². The van der Waals surface area contributed by atoms with Crippen LogP contribution in [0, 0.1) is 5.82 Å². The Hall–Kier alpha value is -2.70. The van der Waals surface area contributed by atoms with Crippen LogP contribution in [-0.4, -0.2) is 34.8 Å². The van der Waals surface area contributed by atoms with E-state index >= 15 is 0 Å². The molecule has 2 aromatic rings. The van der Waals surface area contributed by atoms with E-state index in [2.05, 4.69) is 10.4 Å². The molecule has 0 radical (unpaired) electrons. The van der Waals surface area contributed by atoms with Gasteiger partial charge in [0.2, 0.25) is 0 Å². The fourth-order valence-corrected chi connectivity index (χ4v) is 2.47. The molecule has 0 spiro atoms. The summed E-state index contributed by atoms with van der Waals surface area (Å²) in [5, 5.41) is 7.03. The molecule has 0 unspecified atom stereocenters. The number of aromatic nitrogens is 2. The second kappa shape index (κ2) is 8.96.